The zero-order chi connectivity index (χ0) is 17.7. The van der Waals surface area contributed by atoms with E-state index in [1.165, 1.54) is 24.3 Å². The van der Waals surface area contributed by atoms with Crippen LogP contribution in [0.5, 0.6) is 0 Å². The van der Waals surface area contributed by atoms with Gasteiger partial charge >= 0.3 is 0 Å². The smallest absolute Gasteiger partial charge is 0.251 e. The van der Waals surface area contributed by atoms with Crippen LogP contribution in [0.25, 0.3) is 0 Å². The molecule has 2 amide bonds. The van der Waals surface area contributed by atoms with Crippen molar-refractivity contribution >= 4 is 23.2 Å². The lowest BCUT2D eigenvalue weighted by molar-refractivity contribution is -0.133. The molecule has 1 aromatic carbocycles. The molecule has 0 unspecified atom stereocenters. The summed E-state index contributed by atoms with van der Waals surface area (Å²) >= 11 is 1.58. The van der Waals surface area contributed by atoms with Gasteiger partial charge in [0.2, 0.25) is 5.91 Å². The molecule has 24 heavy (non-hydrogen) atoms. The fraction of sp³-hybridized carbons (Fsp3) is 0.333. The Morgan fingerprint density at radius 1 is 1.21 bits per heavy atom. The maximum atomic E-state index is 13.0. The summed E-state index contributed by atoms with van der Waals surface area (Å²) in [6, 6.07) is 8.54. The highest BCUT2D eigenvalue weighted by atomic mass is 32.1. The third-order valence-corrected chi connectivity index (χ3v) is 4.54. The number of hydrogen-bond acceptors (Lipinski definition) is 3. The highest BCUT2D eigenvalue weighted by Crippen LogP contribution is 2.14. The van der Waals surface area contributed by atoms with Crippen molar-refractivity contribution in [3.8, 4) is 0 Å². The van der Waals surface area contributed by atoms with Gasteiger partial charge in [-0.2, -0.15) is 0 Å². The Balaban J connectivity index is 2.06. The molecule has 2 rings (SSSR count). The number of rotatable bonds is 6. The van der Waals surface area contributed by atoms with Crippen LogP contribution in [0.4, 0.5) is 4.39 Å². The first-order valence-electron chi connectivity index (χ1n) is 7.72. The quantitative estimate of drug-likeness (QED) is 0.871. The maximum absolute atomic E-state index is 13.0. The van der Waals surface area contributed by atoms with Crippen molar-refractivity contribution < 1.29 is 14.0 Å². The predicted molar refractivity (Wildman–Crippen MR) is 93.3 cm³/mol. The molecular formula is C18H21FN2O2S. The maximum Gasteiger partial charge on any atom is 0.251 e. The van der Waals surface area contributed by atoms with E-state index < -0.39 is 11.9 Å². The second kappa shape index (κ2) is 8.06. The summed E-state index contributed by atoms with van der Waals surface area (Å²) in [5.74, 6) is -0.994. The van der Waals surface area contributed by atoms with Crippen LogP contribution in [0, 0.1) is 11.7 Å². The number of nitrogens with one attached hydrogen (secondary N) is 1. The van der Waals surface area contributed by atoms with Gasteiger partial charge in [-0.05, 0) is 41.6 Å². The van der Waals surface area contributed by atoms with E-state index in [1.807, 2.05) is 31.4 Å². The number of halogens is 1. The summed E-state index contributed by atoms with van der Waals surface area (Å²) in [7, 11) is 1.72. The molecule has 0 spiro atoms. The van der Waals surface area contributed by atoms with Gasteiger partial charge in [-0.1, -0.05) is 19.9 Å². The lowest BCUT2D eigenvalue weighted by atomic mass is 10.0. The van der Waals surface area contributed by atoms with Crippen LogP contribution in [-0.2, 0) is 11.3 Å². The molecule has 0 fully saturated rings. The van der Waals surface area contributed by atoms with Gasteiger partial charge in [0, 0.05) is 17.5 Å². The molecule has 1 N–H and O–H groups in total. The number of amides is 2. The monoisotopic (exact) mass is 348 g/mol. The highest BCUT2D eigenvalue weighted by molar-refractivity contribution is 7.09. The zero-order valence-corrected chi connectivity index (χ0v) is 14.8. The first-order chi connectivity index (χ1) is 11.4. The van der Waals surface area contributed by atoms with Gasteiger partial charge in [0.15, 0.2) is 0 Å². The standard InChI is InChI=1S/C18H21FN2O2S/c1-12(2)16(18(23)21(3)11-15-5-4-10-24-15)20-17(22)13-6-8-14(19)9-7-13/h4-10,12,16H,11H2,1-3H3,(H,20,22)/t16-/m0/s1. The van der Waals surface area contributed by atoms with E-state index in [9.17, 15) is 14.0 Å². The summed E-state index contributed by atoms with van der Waals surface area (Å²) in [4.78, 5) is 27.7. The SMILES string of the molecule is CC(C)[C@H](NC(=O)c1ccc(F)cc1)C(=O)N(C)Cc1cccs1. The number of thiophene rings is 1. The van der Waals surface area contributed by atoms with Crippen molar-refractivity contribution in [3.63, 3.8) is 0 Å². The molecule has 0 bridgehead atoms. The van der Waals surface area contributed by atoms with E-state index in [-0.39, 0.29) is 17.7 Å². The molecular weight excluding hydrogens is 327 g/mol. The third kappa shape index (κ3) is 4.64. The Hall–Kier alpha value is -2.21. The van der Waals surface area contributed by atoms with Gasteiger partial charge in [0.25, 0.3) is 5.91 Å². The van der Waals surface area contributed by atoms with Crippen LogP contribution >= 0.6 is 11.3 Å². The largest absolute Gasteiger partial charge is 0.340 e. The summed E-state index contributed by atoms with van der Waals surface area (Å²) in [5, 5.41) is 4.73. The van der Waals surface area contributed by atoms with Gasteiger partial charge in [-0.25, -0.2) is 4.39 Å². The van der Waals surface area contributed by atoms with Crippen molar-refractivity contribution in [1.82, 2.24) is 10.2 Å². The van der Waals surface area contributed by atoms with Crippen LogP contribution < -0.4 is 5.32 Å². The second-order valence-electron chi connectivity index (χ2n) is 5.98. The topological polar surface area (TPSA) is 49.4 Å². The Morgan fingerprint density at radius 3 is 2.42 bits per heavy atom. The Kier molecular flexibility index (Phi) is 6.09. The van der Waals surface area contributed by atoms with Crippen molar-refractivity contribution in [2.75, 3.05) is 7.05 Å². The molecule has 1 heterocycles. The molecule has 0 radical (unpaired) electrons. The highest BCUT2D eigenvalue weighted by Gasteiger charge is 2.27. The zero-order valence-electron chi connectivity index (χ0n) is 14.0. The fourth-order valence-electron chi connectivity index (χ4n) is 2.29. The van der Waals surface area contributed by atoms with E-state index >= 15 is 0 Å². The molecule has 4 nitrogen and oxygen atoms in total. The number of carbonyl (C=O) groups is 2. The van der Waals surface area contributed by atoms with Gasteiger partial charge in [0.1, 0.15) is 11.9 Å². The molecule has 2 aromatic rings. The molecule has 6 heteroatoms. The van der Waals surface area contributed by atoms with Crippen molar-refractivity contribution in [3.05, 3.63) is 58.0 Å². The van der Waals surface area contributed by atoms with Crippen LogP contribution in [0.1, 0.15) is 29.1 Å². The van der Waals surface area contributed by atoms with Gasteiger partial charge in [-0.3, -0.25) is 9.59 Å². The van der Waals surface area contributed by atoms with Crippen LogP contribution in [-0.4, -0.2) is 29.8 Å². The lowest BCUT2D eigenvalue weighted by Crippen LogP contribution is -2.49. The number of likely N-dealkylation sites (N-methyl/N-ethyl adjacent to an activating group) is 1. The fourth-order valence-corrected chi connectivity index (χ4v) is 3.05. The van der Waals surface area contributed by atoms with E-state index in [0.29, 0.717) is 12.1 Å². The van der Waals surface area contributed by atoms with Crippen molar-refractivity contribution in [2.24, 2.45) is 5.92 Å². The first kappa shape index (κ1) is 18.1. The Bertz CT molecular complexity index is 684. The normalized spacial score (nSPS) is 12.0. The van der Waals surface area contributed by atoms with Crippen molar-refractivity contribution in [2.45, 2.75) is 26.4 Å². The second-order valence-corrected chi connectivity index (χ2v) is 7.01. The summed E-state index contributed by atoms with van der Waals surface area (Å²) in [6.07, 6.45) is 0. The number of nitrogens with zero attached hydrogens (tertiary/aromatic N) is 1. The summed E-state index contributed by atoms with van der Waals surface area (Å²) < 4.78 is 13.0. The predicted octanol–water partition coefficient (Wildman–Crippen LogP) is 3.30. The van der Waals surface area contributed by atoms with Gasteiger partial charge in [-0.15, -0.1) is 11.3 Å². The average Bonchev–Trinajstić information content (AvgIpc) is 3.05. The van der Waals surface area contributed by atoms with Gasteiger partial charge in [0.05, 0.1) is 6.54 Å². The first-order valence-corrected chi connectivity index (χ1v) is 8.60. The molecule has 0 aliphatic carbocycles. The van der Waals surface area contributed by atoms with Gasteiger partial charge < -0.3 is 10.2 Å². The van der Waals surface area contributed by atoms with E-state index in [0.717, 1.165) is 4.88 Å². The Morgan fingerprint density at radius 2 is 1.88 bits per heavy atom. The Labute approximate surface area is 145 Å². The average molecular weight is 348 g/mol. The molecule has 0 saturated carbocycles. The number of benzene rings is 1. The number of hydrogen-bond donors (Lipinski definition) is 1. The van der Waals surface area contributed by atoms with Crippen LogP contribution in [0.15, 0.2) is 41.8 Å². The molecule has 1 atom stereocenters. The van der Waals surface area contributed by atoms with Crippen molar-refractivity contribution in [1.29, 1.82) is 0 Å². The minimum atomic E-state index is -0.632. The lowest BCUT2D eigenvalue weighted by Gasteiger charge is -2.27. The molecule has 0 saturated heterocycles. The molecule has 0 aliphatic heterocycles. The van der Waals surface area contributed by atoms with E-state index in [2.05, 4.69) is 5.32 Å². The minimum Gasteiger partial charge on any atom is -0.340 e. The van der Waals surface area contributed by atoms with E-state index in [1.54, 1.807) is 23.3 Å². The molecule has 0 aliphatic rings. The van der Waals surface area contributed by atoms with E-state index in [4.69, 9.17) is 0 Å². The summed E-state index contributed by atoms with van der Waals surface area (Å²) in [6.45, 7) is 4.27. The number of carbonyl (C=O) groups excluding carboxylic acids is 2. The molecule has 128 valence electrons. The third-order valence-electron chi connectivity index (χ3n) is 3.68. The minimum absolute atomic E-state index is 0.0623. The van der Waals surface area contributed by atoms with Crippen LogP contribution in [0.2, 0.25) is 0 Å². The van der Waals surface area contributed by atoms with Crippen LogP contribution in [0.3, 0.4) is 0 Å². The molecule has 1 aromatic heterocycles. The summed E-state index contributed by atoms with van der Waals surface area (Å²) in [5.41, 5.74) is 0.329.